The maximum absolute atomic E-state index is 13.6. The first-order valence-corrected chi connectivity index (χ1v) is 6.62. The van der Waals surface area contributed by atoms with Gasteiger partial charge in [0.05, 0.1) is 22.7 Å². The fourth-order valence-electron chi connectivity index (χ4n) is 1.69. The lowest BCUT2D eigenvalue weighted by molar-refractivity contribution is -0.384. The summed E-state index contributed by atoms with van der Waals surface area (Å²) in [5.74, 6) is -2.59. The van der Waals surface area contributed by atoms with Gasteiger partial charge >= 0.3 is 5.97 Å². The van der Waals surface area contributed by atoms with Crippen molar-refractivity contribution in [1.29, 1.82) is 0 Å². The van der Waals surface area contributed by atoms with Crippen LogP contribution in [0.2, 0.25) is 0 Å². The number of thiazole rings is 1. The van der Waals surface area contributed by atoms with Crippen molar-refractivity contribution in [3.8, 4) is 0 Å². The molecule has 0 radical (unpaired) electrons. The second-order valence-corrected chi connectivity index (χ2v) is 5.07. The fraction of sp³-hybridized carbons (Fsp3) is 0.167. The highest BCUT2D eigenvalue weighted by Gasteiger charge is 2.22. The minimum Gasteiger partial charge on any atom is -0.478 e. The van der Waals surface area contributed by atoms with Crippen molar-refractivity contribution in [2.75, 3.05) is 5.32 Å². The largest absolute Gasteiger partial charge is 0.478 e. The van der Waals surface area contributed by atoms with Gasteiger partial charge < -0.3 is 10.4 Å². The van der Waals surface area contributed by atoms with E-state index in [-0.39, 0.29) is 12.2 Å². The van der Waals surface area contributed by atoms with Gasteiger partial charge in [-0.05, 0) is 6.92 Å². The van der Waals surface area contributed by atoms with E-state index in [0.29, 0.717) is 6.07 Å². The molecule has 0 aliphatic carbocycles. The Morgan fingerprint density at radius 1 is 1.57 bits per heavy atom. The minimum atomic E-state index is -1.56. The molecule has 9 heteroatoms. The van der Waals surface area contributed by atoms with Crippen LogP contribution < -0.4 is 5.32 Å². The monoisotopic (exact) mass is 311 g/mol. The molecule has 2 rings (SSSR count). The van der Waals surface area contributed by atoms with Gasteiger partial charge in [0.15, 0.2) is 0 Å². The molecule has 0 spiro atoms. The lowest BCUT2D eigenvalue weighted by atomic mass is 10.1. The van der Waals surface area contributed by atoms with Gasteiger partial charge in [-0.15, -0.1) is 11.3 Å². The lowest BCUT2D eigenvalue weighted by Crippen LogP contribution is -2.07. The highest BCUT2D eigenvalue weighted by atomic mass is 32.1. The molecule has 21 heavy (non-hydrogen) atoms. The van der Waals surface area contributed by atoms with Crippen LogP contribution in [0.4, 0.5) is 15.8 Å². The van der Waals surface area contributed by atoms with Crippen LogP contribution in [0.15, 0.2) is 17.6 Å². The number of anilines is 1. The number of nitro benzene ring substituents is 1. The first kappa shape index (κ1) is 14.9. The lowest BCUT2D eigenvalue weighted by Gasteiger charge is -2.08. The third kappa shape index (κ3) is 3.14. The molecule has 0 unspecified atom stereocenters. The van der Waals surface area contributed by atoms with Crippen molar-refractivity contribution in [2.45, 2.75) is 13.5 Å². The van der Waals surface area contributed by atoms with Crippen LogP contribution in [-0.2, 0) is 6.54 Å². The second-order valence-electron chi connectivity index (χ2n) is 4.13. The van der Waals surface area contributed by atoms with E-state index in [9.17, 15) is 19.3 Å². The molecule has 0 atom stereocenters. The van der Waals surface area contributed by atoms with Crippen molar-refractivity contribution in [3.05, 3.63) is 49.7 Å². The van der Waals surface area contributed by atoms with E-state index in [1.165, 1.54) is 11.3 Å². The normalized spacial score (nSPS) is 10.4. The van der Waals surface area contributed by atoms with Crippen LogP contribution in [0.25, 0.3) is 0 Å². The van der Waals surface area contributed by atoms with E-state index < -0.39 is 28.0 Å². The number of rotatable bonds is 5. The van der Waals surface area contributed by atoms with E-state index >= 15 is 0 Å². The summed E-state index contributed by atoms with van der Waals surface area (Å²) in [5.41, 5.74) is 1.11. The van der Waals surface area contributed by atoms with Gasteiger partial charge in [0, 0.05) is 17.0 Å². The molecule has 0 aliphatic heterocycles. The Bertz CT molecular complexity index is 717. The first-order chi connectivity index (χ1) is 9.90. The molecule has 7 nitrogen and oxygen atoms in total. The number of aromatic carboxylic acids is 1. The average molecular weight is 311 g/mol. The van der Waals surface area contributed by atoms with E-state index in [0.717, 1.165) is 16.6 Å². The molecule has 0 saturated carbocycles. The van der Waals surface area contributed by atoms with Crippen LogP contribution >= 0.6 is 11.3 Å². The number of halogens is 1. The highest BCUT2D eigenvalue weighted by Crippen LogP contribution is 2.29. The van der Waals surface area contributed by atoms with Crippen LogP contribution in [0.3, 0.4) is 0 Å². The van der Waals surface area contributed by atoms with Crippen LogP contribution in [0, 0.1) is 22.9 Å². The number of hydrogen-bond acceptors (Lipinski definition) is 6. The van der Waals surface area contributed by atoms with Crippen LogP contribution in [0.5, 0.6) is 0 Å². The number of carboxylic acid groups (broad SMARTS) is 1. The van der Waals surface area contributed by atoms with E-state index in [1.807, 2.05) is 0 Å². The molecule has 110 valence electrons. The Hall–Kier alpha value is -2.55. The molecule has 1 aromatic heterocycles. The maximum atomic E-state index is 13.6. The summed E-state index contributed by atoms with van der Waals surface area (Å²) in [4.78, 5) is 25.9. The van der Waals surface area contributed by atoms with Gasteiger partial charge in [0.25, 0.3) is 5.69 Å². The van der Waals surface area contributed by atoms with E-state index in [4.69, 9.17) is 5.11 Å². The average Bonchev–Trinajstić information content (AvgIpc) is 2.81. The zero-order valence-corrected chi connectivity index (χ0v) is 11.6. The molecule has 0 amide bonds. The number of benzene rings is 1. The van der Waals surface area contributed by atoms with Crippen LogP contribution in [-0.4, -0.2) is 21.0 Å². The molecular weight excluding hydrogens is 301 g/mol. The van der Waals surface area contributed by atoms with Crippen molar-refractivity contribution >= 4 is 28.7 Å². The Balaban J connectivity index is 2.34. The predicted octanol–water partition coefficient (Wildman–Crippen LogP) is 2.81. The highest BCUT2D eigenvalue weighted by molar-refractivity contribution is 7.09. The van der Waals surface area contributed by atoms with Crippen molar-refractivity contribution < 1.29 is 19.2 Å². The number of nitrogens with zero attached hydrogens (tertiary/aromatic N) is 2. The van der Waals surface area contributed by atoms with Gasteiger partial charge in [0.2, 0.25) is 0 Å². The van der Waals surface area contributed by atoms with Gasteiger partial charge in [-0.3, -0.25) is 10.1 Å². The van der Waals surface area contributed by atoms with E-state index in [2.05, 4.69) is 10.3 Å². The number of hydrogen-bond donors (Lipinski definition) is 2. The Morgan fingerprint density at radius 2 is 2.29 bits per heavy atom. The molecular formula is C12H10FN3O4S. The van der Waals surface area contributed by atoms with Gasteiger partial charge in [0.1, 0.15) is 17.1 Å². The summed E-state index contributed by atoms with van der Waals surface area (Å²) in [6, 6.07) is 1.53. The molecule has 2 aromatic rings. The van der Waals surface area contributed by atoms with Crippen molar-refractivity contribution in [1.82, 2.24) is 4.98 Å². The molecule has 0 fully saturated rings. The zero-order valence-electron chi connectivity index (χ0n) is 10.8. The standard InChI is InChI=1S/C12H10FN3O4S/c1-6-11(21-5-15-6)4-14-9-3-8(13)7(12(17)18)2-10(9)16(19)20/h2-3,5,14H,4H2,1H3,(H,17,18). The van der Waals surface area contributed by atoms with Crippen molar-refractivity contribution in [2.24, 2.45) is 0 Å². The summed E-state index contributed by atoms with van der Waals surface area (Å²) in [6.45, 7) is 2.03. The number of aryl methyl sites for hydroxylation is 1. The zero-order chi connectivity index (χ0) is 15.6. The summed E-state index contributed by atoms with van der Waals surface area (Å²) >= 11 is 1.36. The van der Waals surface area contributed by atoms with Crippen LogP contribution in [0.1, 0.15) is 20.9 Å². The van der Waals surface area contributed by atoms with Gasteiger partial charge in [-0.25, -0.2) is 14.2 Å². The molecule has 2 N–H and O–H groups in total. The fourth-order valence-corrected chi connectivity index (χ4v) is 2.41. The number of nitrogens with one attached hydrogen (secondary N) is 1. The van der Waals surface area contributed by atoms with Gasteiger partial charge in [-0.1, -0.05) is 0 Å². The number of carbonyl (C=O) groups is 1. The number of nitro groups is 1. The Morgan fingerprint density at radius 3 is 2.81 bits per heavy atom. The maximum Gasteiger partial charge on any atom is 0.338 e. The first-order valence-electron chi connectivity index (χ1n) is 5.74. The topological polar surface area (TPSA) is 105 Å². The third-order valence-electron chi connectivity index (χ3n) is 2.80. The quantitative estimate of drug-likeness (QED) is 0.649. The smallest absolute Gasteiger partial charge is 0.338 e. The molecule has 1 aromatic carbocycles. The van der Waals surface area contributed by atoms with Gasteiger partial charge in [-0.2, -0.15) is 0 Å². The van der Waals surface area contributed by atoms with E-state index in [1.54, 1.807) is 12.4 Å². The minimum absolute atomic E-state index is 0.0738. The summed E-state index contributed by atoms with van der Waals surface area (Å²) in [7, 11) is 0. The predicted molar refractivity (Wildman–Crippen MR) is 74.2 cm³/mol. The SMILES string of the molecule is Cc1ncsc1CNc1cc(F)c(C(=O)O)cc1[N+](=O)[O-]. The molecule has 0 bridgehead atoms. The summed E-state index contributed by atoms with van der Waals surface area (Å²) < 4.78 is 13.6. The Kier molecular flexibility index (Phi) is 4.13. The molecule has 0 aliphatic rings. The number of carboxylic acids is 1. The van der Waals surface area contributed by atoms with Crippen molar-refractivity contribution in [3.63, 3.8) is 0 Å². The molecule has 1 heterocycles. The number of aromatic nitrogens is 1. The summed E-state index contributed by atoms with van der Waals surface area (Å²) in [6.07, 6.45) is 0. The second kappa shape index (κ2) is 5.83. The third-order valence-corrected chi connectivity index (χ3v) is 3.73. The summed E-state index contributed by atoms with van der Waals surface area (Å²) in [5, 5.41) is 22.5. The molecule has 0 saturated heterocycles. The Labute approximate surface area is 122 Å².